The number of benzene rings is 3. The van der Waals surface area contributed by atoms with Gasteiger partial charge in [0.2, 0.25) is 0 Å². The van der Waals surface area contributed by atoms with E-state index in [0.29, 0.717) is 29.2 Å². The van der Waals surface area contributed by atoms with Crippen LogP contribution in [-0.2, 0) is 21.8 Å². The third-order valence-electron chi connectivity index (χ3n) is 5.96. The molecule has 1 saturated heterocycles. The number of aliphatic carboxylic acids is 1. The monoisotopic (exact) mass is 484 g/mol. The van der Waals surface area contributed by atoms with Crippen molar-refractivity contribution in [2.45, 2.75) is 16.0 Å². The summed E-state index contributed by atoms with van der Waals surface area (Å²) in [5.74, 6) is -1.26. The van der Waals surface area contributed by atoms with E-state index in [9.17, 15) is 22.2 Å². The van der Waals surface area contributed by atoms with Crippen LogP contribution in [0.15, 0.2) is 88.8 Å². The van der Waals surface area contributed by atoms with Gasteiger partial charge in [0.1, 0.15) is 0 Å². The van der Waals surface area contributed by atoms with Crippen LogP contribution < -0.4 is 4.90 Å². The highest BCUT2D eigenvalue weighted by atomic mass is 32.2. The number of alkyl halides is 3. The molecule has 5 rings (SSSR count). The molecule has 1 N–H and O–H groups in total. The lowest BCUT2D eigenvalue weighted by Crippen LogP contribution is -2.50. The Hall–Kier alpha value is -3.59. The van der Waals surface area contributed by atoms with Gasteiger partial charge in [-0.1, -0.05) is 24.3 Å². The van der Waals surface area contributed by atoms with Gasteiger partial charge >= 0.3 is 12.1 Å². The van der Waals surface area contributed by atoms with Gasteiger partial charge in [-0.2, -0.15) is 13.2 Å². The highest BCUT2D eigenvalue weighted by Gasteiger charge is 2.33. The molecular weight excluding hydrogens is 465 g/mol. The second-order valence-corrected chi connectivity index (χ2v) is 9.58. The van der Waals surface area contributed by atoms with Crippen molar-refractivity contribution in [2.24, 2.45) is 5.92 Å². The molecule has 2 heterocycles. The lowest BCUT2D eigenvalue weighted by atomic mass is 9.99. The molecule has 0 amide bonds. The first-order valence-corrected chi connectivity index (χ1v) is 11.6. The summed E-state index contributed by atoms with van der Waals surface area (Å²) >= 11 is 0. The zero-order chi connectivity index (χ0) is 24.0. The summed E-state index contributed by atoms with van der Waals surface area (Å²) in [5, 5.41) is 9.40. The number of rotatable bonds is 5. The Balaban J connectivity index is 1.62. The first kappa shape index (κ1) is 22.2. The molecule has 3 aromatic carbocycles. The molecule has 1 aliphatic heterocycles. The van der Waals surface area contributed by atoms with Crippen LogP contribution in [0, 0.1) is 5.92 Å². The minimum absolute atomic E-state index is 0.261. The number of fused-ring (bicyclic) bond motifs is 1. The van der Waals surface area contributed by atoms with E-state index >= 15 is 0 Å². The van der Waals surface area contributed by atoms with E-state index in [2.05, 4.69) is 0 Å². The molecule has 0 spiro atoms. The molecule has 1 aromatic heterocycles. The van der Waals surface area contributed by atoms with Crippen molar-refractivity contribution in [1.29, 1.82) is 0 Å². The molecule has 0 radical (unpaired) electrons. The maximum Gasteiger partial charge on any atom is 0.416 e. The van der Waals surface area contributed by atoms with E-state index in [-0.39, 0.29) is 10.3 Å². The maximum absolute atomic E-state index is 13.4. The summed E-state index contributed by atoms with van der Waals surface area (Å²) in [6, 6.07) is 19.4. The van der Waals surface area contributed by atoms with Crippen molar-refractivity contribution in [3.8, 4) is 5.69 Å². The highest BCUT2D eigenvalue weighted by Crippen LogP contribution is 2.36. The average Bonchev–Trinajstić information content (AvgIpc) is 3.16. The van der Waals surface area contributed by atoms with E-state index in [1.807, 2.05) is 29.2 Å². The standard InChI is InChI=1S/C25H19F3N2O3S/c26-25(27,28)17-9-10-22-21(11-17)23(34(33)20-7-2-1-3-8-20)15-30(22)19-6-4-5-18(12-19)29-13-16(14-29)24(31)32/h1-12,15-16H,13-14H2,(H,31,32). The van der Waals surface area contributed by atoms with E-state index in [0.717, 1.165) is 17.8 Å². The van der Waals surface area contributed by atoms with Gasteiger partial charge in [-0.3, -0.25) is 4.79 Å². The lowest BCUT2D eigenvalue weighted by molar-refractivity contribution is -0.142. The minimum atomic E-state index is -4.53. The van der Waals surface area contributed by atoms with E-state index in [1.54, 1.807) is 41.1 Å². The number of hydrogen-bond donors (Lipinski definition) is 1. The molecule has 5 nitrogen and oxygen atoms in total. The Kier molecular flexibility index (Phi) is 5.44. The molecule has 34 heavy (non-hydrogen) atoms. The van der Waals surface area contributed by atoms with Gasteiger partial charge in [-0.25, -0.2) is 4.21 Å². The Morgan fingerprint density at radius 2 is 1.65 bits per heavy atom. The second-order valence-electron chi connectivity index (χ2n) is 8.13. The number of nitrogens with zero attached hydrogens (tertiary/aromatic N) is 2. The molecule has 4 aromatic rings. The summed E-state index contributed by atoms with van der Waals surface area (Å²) in [6.07, 6.45) is -2.91. The molecule has 9 heteroatoms. The fraction of sp³-hybridized carbons (Fsp3) is 0.160. The van der Waals surface area contributed by atoms with Gasteiger partial charge in [-0.05, 0) is 48.5 Å². The normalized spacial score (nSPS) is 15.3. The summed E-state index contributed by atoms with van der Waals surface area (Å²) < 4.78 is 55.4. The maximum atomic E-state index is 13.4. The summed E-state index contributed by atoms with van der Waals surface area (Å²) in [6.45, 7) is 0.785. The van der Waals surface area contributed by atoms with Crippen LogP contribution >= 0.6 is 0 Å². The average molecular weight is 484 g/mol. The molecule has 1 aliphatic rings. The van der Waals surface area contributed by atoms with Crippen molar-refractivity contribution in [1.82, 2.24) is 4.57 Å². The summed E-state index contributed by atoms with van der Waals surface area (Å²) in [5.41, 5.74) is 1.18. The van der Waals surface area contributed by atoms with Crippen LogP contribution in [0.3, 0.4) is 0 Å². The van der Waals surface area contributed by atoms with Gasteiger partial charge in [0.25, 0.3) is 0 Å². The van der Waals surface area contributed by atoms with E-state index < -0.39 is 34.4 Å². The fourth-order valence-corrected chi connectivity index (χ4v) is 5.32. The van der Waals surface area contributed by atoms with Crippen molar-refractivity contribution >= 4 is 33.4 Å². The van der Waals surface area contributed by atoms with Crippen LogP contribution in [0.4, 0.5) is 18.9 Å². The number of carboxylic acid groups (broad SMARTS) is 1. The topological polar surface area (TPSA) is 62.5 Å². The first-order chi connectivity index (χ1) is 16.2. The lowest BCUT2D eigenvalue weighted by Gasteiger charge is -2.38. The quantitative estimate of drug-likeness (QED) is 0.416. The predicted octanol–water partition coefficient (Wildman–Crippen LogP) is 5.34. The highest BCUT2D eigenvalue weighted by molar-refractivity contribution is 7.85. The summed E-state index contributed by atoms with van der Waals surface area (Å²) in [7, 11) is -1.69. The summed E-state index contributed by atoms with van der Waals surface area (Å²) in [4.78, 5) is 13.8. The number of hydrogen-bond acceptors (Lipinski definition) is 3. The molecule has 1 unspecified atom stereocenters. The van der Waals surface area contributed by atoms with Crippen LogP contribution in [0.5, 0.6) is 0 Å². The number of aromatic nitrogens is 1. The van der Waals surface area contributed by atoms with E-state index in [4.69, 9.17) is 5.11 Å². The smallest absolute Gasteiger partial charge is 0.416 e. The Labute approximate surface area is 195 Å². The zero-order valence-electron chi connectivity index (χ0n) is 17.7. The van der Waals surface area contributed by atoms with Crippen molar-refractivity contribution in [2.75, 3.05) is 18.0 Å². The number of anilines is 1. The van der Waals surface area contributed by atoms with Crippen molar-refractivity contribution in [3.63, 3.8) is 0 Å². The molecule has 174 valence electrons. The van der Waals surface area contributed by atoms with Crippen molar-refractivity contribution < 1.29 is 27.3 Å². The molecule has 0 bridgehead atoms. The zero-order valence-corrected chi connectivity index (χ0v) is 18.5. The number of carbonyl (C=O) groups is 1. The third-order valence-corrected chi connectivity index (χ3v) is 7.38. The molecule has 1 atom stereocenters. The van der Waals surface area contributed by atoms with Crippen molar-refractivity contribution in [3.05, 3.63) is 84.6 Å². The Morgan fingerprint density at radius 1 is 0.941 bits per heavy atom. The second kappa shape index (κ2) is 8.32. The van der Waals surface area contributed by atoms with Gasteiger partial charge in [-0.15, -0.1) is 0 Å². The largest absolute Gasteiger partial charge is 0.481 e. The van der Waals surface area contributed by atoms with Crippen LogP contribution in [-0.4, -0.2) is 32.9 Å². The minimum Gasteiger partial charge on any atom is -0.481 e. The molecular formula is C25H19F3N2O3S. The van der Waals surface area contributed by atoms with Gasteiger partial charge in [0, 0.05) is 40.9 Å². The van der Waals surface area contributed by atoms with Gasteiger partial charge in [0.05, 0.1) is 32.7 Å². The third kappa shape index (κ3) is 3.96. The first-order valence-electron chi connectivity index (χ1n) is 10.5. The Bertz CT molecular complexity index is 1410. The van der Waals surface area contributed by atoms with Crippen LogP contribution in [0.25, 0.3) is 16.6 Å². The number of halogens is 3. The fourth-order valence-electron chi connectivity index (χ4n) is 4.09. The van der Waals surface area contributed by atoms with Crippen LogP contribution in [0.1, 0.15) is 5.56 Å². The van der Waals surface area contributed by atoms with Gasteiger partial charge < -0.3 is 14.6 Å². The predicted molar refractivity (Wildman–Crippen MR) is 123 cm³/mol. The molecule has 0 saturated carbocycles. The SMILES string of the molecule is O=C(O)C1CN(c2cccc(-n3cc(S(=O)c4ccccc4)c4cc(C(F)(F)F)ccc43)c2)C1. The Morgan fingerprint density at radius 3 is 2.32 bits per heavy atom. The molecule has 0 aliphatic carbocycles. The molecule has 1 fully saturated rings. The number of carboxylic acids is 1. The van der Waals surface area contributed by atoms with Crippen LogP contribution in [0.2, 0.25) is 0 Å². The van der Waals surface area contributed by atoms with E-state index in [1.165, 1.54) is 6.07 Å². The van der Waals surface area contributed by atoms with Gasteiger partial charge in [0.15, 0.2) is 0 Å².